The Morgan fingerprint density at radius 3 is 2.52 bits per heavy atom. The highest BCUT2D eigenvalue weighted by Crippen LogP contribution is 2.44. The van der Waals surface area contributed by atoms with Crippen LogP contribution < -0.4 is 0 Å². The molecule has 2 aliphatic heterocycles. The fourth-order valence-corrected chi connectivity index (χ4v) is 5.72. The zero-order chi connectivity index (χ0) is 16.5. The van der Waals surface area contributed by atoms with Gasteiger partial charge in [0.05, 0.1) is 4.90 Å². The van der Waals surface area contributed by atoms with Crippen molar-refractivity contribution in [2.75, 3.05) is 19.8 Å². The third-order valence-electron chi connectivity index (χ3n) is 4.84. The van der Waals surface area contributed by atoms with Crippen LogP contribution in [0.15, 0.2) is 35.2 Å². The van der Waals surface area contributed by atoms with Crippen LogP contribution in [0.25, 0.3) is 0 Å². The van der Waals surface area contributed by atoms with Gasteiger partial charge in [-0.05, 0) is 37.3 Å². The van der Waals surface area contributed by atoms with Gasteiger partial charge in [-0.3, -0.25) is 4.79 Å². The second-order valence-corrected chi connectivity index (χ2v) is 8.22. The molecule has 3 rings (SSSR count). The summed E-state index contributed by atoms with van der Waals surface area (Å²) in [6, 6.07) is 8.36. The molecule has 2 saturated heterocycles. The van der Waals surface area contributed by atoms with Crippen LogP contribution in [0.3, 0.4) is 0 Å². The summed E-state index contributed by atoms with van der Waals surface area (Å²) in [6.07, 6.45) is 1.84. The zero-order valence-corrected chi connectivity index (χ0v) is 13.7. The number of sulfonamides is 1. The van der Waals surface area contributed by atoms with Crippen molar-refractivity contribution in [3.05, 3.63) is 30.3 Å². The molecule has 23 heavy (non-hydrogen) atoms. The van der Waals surface area contributed by atoms with Crippen molar-refractivity contribution in [3.63, 3.8) is 0 Å². The number of ether oxygens (including phenoxy) is 1. The van der Waals surface area contributed by atoms with Gasteiger partial charge >= 0.3 is 5.97 Å². The second-order valence-electron chi connectivity index (χ2n) is 6.35. The van der Waals surface area contributed by atoms with Gasteiger partial charge in [0.25, 0.3) is 0 Å². The van der Waals surface area contributed by atoms with Crippen LogP contribution in [0, 0.1) is 5.92 Å². The minimum atomic E-state index is -3.63. The Hall–Kier alpha value is -1.44. The number of hydrogen-bond donors (Lipinski definition) is 1. The molecule has 126 valence electrons. The molecule has 2 fully saturated rings. The van der Waals surface area contributed by atoms with E-state index >= 15 is 0 Å². The molecule has 1 unspecified atom stereocenters. The maximum atomic E-state index is 13.1. The van der Waals surface area contributed by atoms with E-state index in [0.717, 1.165) is 0 Å². The molecule has 6 nitrogen and oxygen atoms in total. The average molecular weight is 339 g/mol. The third kappa shape index (κ3) is 3.13. The Balaban J connectivity index is 1.95. The van der Waals surface area contributed by atoms with Crippen LogP contribution in [-0.4, -0.2) is 49.1 Å². The number of carboxylic acid groups (broad SMARTS) is 1. The number of benzene rings is 1. The molecule has 0 amide bonds. The summed E-state index contributed by atoms with van der Waals surface area (Å²) in [5, 5.41) is 9.07. The van der Waals surface area contributed by atoms with E-state index < -0.39 is 21.5 Å². The predicted octanol–water partition coefficient (Wildman–Crippen LogP) is 1.72. The maximum Gasteiger partial charge on any atom is 0.303 e. The smallest absolute Gasteiger partial charge is 0.303 e. The Kier molecular flexibility index (Phi) is 4.44. The van der Waals surface area contributed by atoms with Gasteiger partial charge < -0.3 is 9.84 Å². The lowest BCUT2D eigenvalue weighted by Crippen LogP contribution is -2.50. The van der Waals surface area contributed by atoms with Crippen LogP contribution in [0.2, 0.25) is 0 Å². The lowest BCUT2D eigenvalue weighted by atomic mass is 9.85. The van der Waals surface area contributed by atoms with Gasteiger partial charge in [0, 0.05) is 31.7 Å². The fourth-order valence-electron chi connectivity index (χ4n) is 3.79. The fraction of sp³-hybridized carbons (Fsp3) is 0.562. The van der Waals surface area contributed by atoms with Crippen LogP contribution in [-0.2, 0) is 19.6 Å². The normalized spacial score (nSPS) is 24.8. The molecule has 1 aromatic carbocycles. The van der Waals surface area contributed by atoms with Gasteiger partial charge in [-0.15, -0.1) is 0 Å². The van der Waals surface area contributed by atoms with Crippen LogP contribution in [0.4, 0.5) is 0 Å². The number of carbonyl (C=O) groups is 1. The van der Waals surface area contributed by atoms with Crippen molar-refractivity contribution in [1.29, 1.82) is 0 Å². The van der Waals surface area contributed by atoms with Gasteiger partial charge in [-0.1, -0.05) is 18.2 Å². The number of aliphatic carboxylic acids is 1. The first-order valence-electron chi connectivity index (χ1n) is 7.81. The summed E-state index contributed by atoms with van der Waals surface area (Å²) in [5.74, 6) is -1.03. The number of rotatable bonds is 4. The van der Waals surface area contributed by atoms with Gasteiger partial charge in [0.2, 0.25) is 10.0 Å². The topological polar surface area (TPSA) is 83.9 Å². The Morgan fingerprint density at radius 1 is 1.26 bits per heavy atom. The Morgan fingerprint density at radius 2 is 1.91 bits per heavy atom. The standard InChI is InChI=1S/C16H21NO5S/c18-15(19)10-13-11-16(6-8-22-9-7-16)17(12-13)23(20,21)14-4-2-1-3-5-14/h1-5,13H,6-12H2,(H,18,19). The molecule has 1 aromatic rings. The Labute approximate surface area is 136 Å². The lowest BCUT2D eigenvalue weighted by Gasteiger charge is -2.40. The van der Waals surface area contributed by atoms with E-state index in [9.17, 15) is 13.2 Å². The van der Waals surface area contributed by atoms with Gasteiger partial charge in [-0.2, -0.15) is 4.31 Å². The molecule has 2 heterocycles. The van der Waals surface area contributed by atoms with Crippen molar-refractivity contribution in [3.8, 4) is 0 Å². The van der Waals surface area contributed by atoms with Crippen molar-refractivity contribution in [2.45, 2.75) is 36.1 Å². The molecule has 0 radical (unpaired) electrons. The van der Waals surface area contributed by atoms with Crippen molar-refractivity contribution >= 4 is 16.0 Å². The quantitative estimate of drug-likeness (QED) is 0.903. The number of nitrogens with zero attached hydrogens (tertiary/aromatic N) is 1. The van der Waals surface area contributed by atoms with Crippen molar-refractivity contribution < 1.29 is 23.1 Å². The SMILES string of the molecule is O=C(O)CC1CN(S(=O)(=O)c2ccccc2)C2(CCOCC2)C1. The van der Waals surface area contributed by atoms with E-state index in [2.05, 4.69) is 0 Å². The second kappa shape index (κ2) is 6.22. The predicted molar refractivity (Wildman–Crippen MR) is 83.5 cm³/mol. The molecule has 0 saturated carbocycles. The molecule has 1 spiro atoms. The highest BCUT2D eigenvalue weighted by Gasteiger charge is 2.52. The minimum absolute atomic E-state index is 0.00339. The van der Waals surface area contributed by atoms with Gasteiger partial charge in [0.1, 0.15) is 0 Å². The first-order valence-corrected chi connectivity index (χ1v) is 9.25. The summed E-state index contributed by atoms with van der Waals surface area (Å²) in [6.45, 7) is 1.30. The summed E-state index contributed by atoms with van der Waals surface area (Å²) in [4.78, 5) is 11.3. The molecular formula is C16H21NO5S. The molecule has 1 atom stereocenters. The van der Waals surface area contributed by atoms with E-state index in [4.69, 9.17) is 9.84 Å². The first kappa shape index (κ1) is 16.4. The van der Waals surface area contributed by atoms with E-state index in [1.807, 2.05) is 0 Å². The van der Waals surface area contributed by atoms with Crippen LogP contribution >= 0.6 is 0 Å². The minimum Gasteiger partial charge on any atom is -0.481 e. The molecule has 0 aromatic heterocycles. The molecule has 7 heteroatoms. The summed E-state index contributed by atoms with van der Waals surface area (Å²) in [5.41, 5.74) is -0.507. The van der Waals surface area contributed by atoms with Crippen LogP contribution in [0.5, 0.6) is 0 Å². The van der Waals surface area contributed by atoms with Crippen molar-refractivity contribution in [2.24, 2.45) is 5.92 Å². The highest BCUT2D eigenvalue weighted by molar-refractivity contribution is 7.89. The molecule has 2 aliphatic rings. The molecule has 1 N–H and O–H groups in total. The van der Waals surface area contributed by atoms with E-state index in [1.165, 1.54) is 0 Å². The van der Waals surface area contributed by atoms with Gasteiger partial charge in [0.15, 0.2) is 0 Å². The lowest BCUT2D eigenvalue weighted by molar-refractivity contribution is -0.138. The van der Waals surface area contributed by atoms with Crippen molar-refractivity contribution in [1.82, 2.24) is 4.31 Å². The number of carboxylic acids is 1. The third-order valence-corrected chi connectivity index (χ3v) is 6.82. The maximum absolute atomic E-state index is 13.1. The summed E-state index contributed by atoms with van der Waals surface area (Å²) in [7, 11) is -3.63. The van der Waals surface area contributed by atoms with E-state index in [0.29, 0.717) is 32.5 Å². The monoisotopic (exact) mass is 339 g/mol. The summed E-state index contributed by atoms with van der Waals surface area (Å²) >= 11 is 0. The highest BCUT2D eigenvalue weighted by atomic mass is 32.2. The number of hydrogen-bond acceptors (Lipinski definition) is 4. The van der Waals surface area contributed by atoms with E-state index in [1.54, 1.807) is 34.6 Å². The average Bonchev–Trinajstić information content (AvgIpc) is 2.86. The molecular weight excluding hydrogens is 318 g/mol. The Bertz CT molecular complexity index is 667. The summed E-state index contributed by atoms with van der Waals surface area (Å²) < 4.78 is 33.1. The van der Waals surface area contributed by atoms with E-state index in [-0.39, 0.29) is 23.8 Å². The molecule has 0 bridgehead atoms. The van der Waals surface area contributed by atoms with Gasteiger partial charge in [-0.25, -0.2) is 8.42 Å². The zero-order valence-electron chi connectivity index (χ0n) is 12.8. The molecule has 0 aliphatic carbocycles. The first-order chi connectivity index (χ1) is 10.9. The van der Waals surface area contributed by atoms with Crippen LogP contribution in [0.1, 0.15) is 25.7 Å². The largest absolute Gasteiger partial charge is 0.481 e.